The molecule has 0 bridgehead atoms. The van der Waals surface area contributed by atoms with E-state index in [1.807, 2.05) is 63.2 Å². The van der Waals surface area contributed by atoms with E-state index in [0.29, 0.717) is 99.6 Å². The van der Waals surface area contributed by atoms with Gasteiger partial charge in [0.15, 0.2) is 11.7 Å². The number of hydrogen-bond donors (Lipinski definition) is 5. The van der Waals surface area contributed by atoms with Crippen LogP contribution in [0.4, 0.5) is 22.5 Å². The molecule has 2 aromatic carbocycles. The van der Waals surface area contributed by atoms with Gasteiger partial charge >= 0.3 is 0 Å². The smallest absolute Gasteiger partial charge is 0.267 e. The van der Waals surface area contributed by atoms with Crippen LogP contribution in [0.25, 0.3) is 0 Å². The van der Waals surface area contributed by atoms with E-state index in [4.69, 9.17) is 36.8 Å². The Morgan fingerprint density at radius 2 is 1.82 bits per heavy atom. The Labute approximate surface area is 464 Å². The van der Waals surface area contributed by atoms with E-state index >= 15 is 0 Å². The van der Waals surface area contributed by atoms with Crippen LogP contribution in [-0.4, -0.2) is 113 Å². The highest BCUT2D eigenvalue weighted by Gasteiger charge is 2.28. The number of hydrogen-bond acceptors (Lipinski definition) is 15. The van der Waals surface area contributed by atoms with Gasteiger partial charge in [0.2, 0.25) is 0 Å². The number of allylic oxidation sites excluding steroid dienone is 2. The molecule has 3 unspecified atom stereocenters. The first-order chi connectivity index (χ1) is 36.4. The fourth-order valence-corrected chi connectivity index (χ4v) is 9.97. The van der Waals surface area contributed by atoms with E-state index in [1.54, 1.807) is 24.3 Å². The topological polar surface area (TPSA) is 237 Å². The average Bonchev–Trinajstić information content (AvgIpc) is 3.87. The molecule has 6 rings (SSSR count). The Hall–Kier alpha value is -6.24. The Kier molecular flexibility index (Phi) is 21.9. The number of benzene rings is 2. The number of piperazine rings is 1. The van der Waals surface area contributed by atoms with Crippen LogP contribution >= 0.6 is 38.9 Å². The molecule has 2 aliphatic heterocycles. The number of thiazole rings is 1. The second-order valence-corrected chi connectivity index (χ2v) is 21.7. The number of aromatic nitrogens is 3. The van der Waals surface area contributed by atoms with Crippen LogP contribution in [0.1, 0.15) is 119 Å². The molecule has 0 aliphatic carbocycles. The first kappa shape index (κ1) is 59.0. The number of rotatable bonds is 26. The summed E-state index contributed by atoms with van der Waals surface area (Å²) in [6, 6.07) is 16.4. The molecule has 4 heterocycles. The van der Waals surface area contributed by atoms with Gasteiger partial charge < -0.3 is 41.4 Å². The first-order valence-corrected chi connectivity index (χ1v) is 27.9. The lowest BCUT2D eigenvalue weighted by Gasteiger charge is -2.36. The molecule has 0 saturated carbocycles. The number of halogens is 2. The van der Waals surface area contributed by atoms with Gasteiger partial charge in [0.25, 0.3) is 17.7 Å². The standard InChI is InChI=1S/C55H71BrClN13O5S/c1-8-13-43(65-51(72)39(32-58)30-40-15-12-17-45(56)64-40)38-18-20-41(21-19-38)74-35-49(71)60-24-22-55(7,10-3)75-29-23-54(6,9-2)68-46(59)34-69-25-27-70(28-26-69)48-31-47(62-37(5)63-48)66-53-61-33-44(76-53)52(73)67-50-36(4)14-11-16-42(50)57/h11,14,16-21,30-31,33,43H,8-10,12-13,15,22-29,34-35H2,1-7H3,(H2,59,68)(H,60,71)(H,65,72)(H,67,73)(H,61,62,63,66)/b39-30+. The molecule has 76 heavy (non-hydrogen) atoms. The summed E-state index contributed by atoms with van der Waals surface area (Å²) in [4.78, 5) is 67.1. The van der Waals surface area contributed by atoms with Crippen LogP contribution in [0.3, 0.4) is 0 Å². The normalized spacial score (nSPS) is 16.3. The highest BCUT2D eigenvalue weighted by molar-refractivity contribution is 9.11. The monoisotopic (exact) mass is 1140 g/mol. The van der Waals surface area contributed by atoms with Crippen LogP contribution < -0.4 is 36.6 Å². The Morgan fingerprint density at radius 1 is 1.05 bits per heavy atom. The van der Waals surface area contributed by atoms with Gasteiger partial charge in [0.05, 0.1) is 40.6 Å². The number of carbonyl (C=O) groups excluding carboxylic acids is 3. The third-order valence-corrected chi connectivity index (χ3v) is 15.2. The largest absolute Gasteiger partial charge is 0.484 e. The van der Waals surface area contributed by atoms with Crippen molar-refractivity contribution in [3.8, 4) is 11.8 Å². The van der Waals surface area contributed by atoms with E-state index in [-0.39, 0.29) is 30.0 Å². The van der Waals surface area contributed by atoms with Gasteiger partial charge in [0, 0.05) is 51.1 Å². The Bertz CT molecular complexity index is 2810. The highest BCUT2D eigenvalue weighted by atomic mass is 79.9. The number of anilines is 4. The van der Waals surface area contributed by atoms with Crippen molar-refractivity contribution in [1.29, 1.82) is 5.26 Å². The van der Waals surface area contributed by atoms with Crippen molar-refractivity contribution in [2.24, 2.45) is 15.7 Å². The maximum atomic E-state index is 13.1. The van der Waals surface area contributed by atoms with Gasteiger partial charge in [-0.05, 0) is 124 Å². The lowest BCUT2D eigenvalue weighted by Crippen LogP contribution is -2.49. The van der Waals surface area contributed by atoms with Crippen molar-refractivity contribution in [3.05, 3.63) is 104 Å². The highest BCUT2D eigenvalue weighted by Crippen LogP contribution is 2.30. The molecule has 4 aromatic rings. The second-order valence-electron chi connectivity index (χ2n) is 19.4. The van der Waals surface area contributed by atoms with Crippen LogP contribution in [0, 0.1) is 25.2 Å². The summed E-state index contributed by atoms with van der Waals surface area (Å²) in [6.07, 6.45) is 10.8. The maximum absolute atomic E-state index is 13.1. The molecule has 18 nitrogen and oxygen atoms in total. The molecule has 1 saturated heterocycles. The van der Waals surface area contributed by atoms with Gasteiger partial charge in [-0.3, -0.25) is 24.3 Å². The van der Waals surface area contributed by atoms with Gasteiger partial charge in [-0.2, -0.15) is 5.26 Å². The number of aryl methyl sites for hydroxylation is 2. The van der Waals surface area contributed by atoms with Crippen LogP contribution in [0.2, 0.25) is 5.02 Å². The van der Waals surface area contributed by atoms with E-state index in [2.05, 4.69) is 89.7 Å². The van der Waals surface area contributed by atoms with Crippen molar-refractivity contribution in [2.75, 3.05) is 68.0 Å². The summed E-state index contributed by atoms with van der Waals surface area (Å²) in [5.74, 6) is 2.12. The zero-order valence-corrected chi connectivity index (χ0v) is 47.8. The minimum absolute atomic E-state index is 0.00580. The Morgan fingerprint density at radius 3 is 2.50 bits per heavy atom. The number of amides is 3. The van der Waals surface area contributed by atoms with Crippen LogP contribution in [0.5, 0.6) is 5.75 Å². The summed E-state index contributed by atoms with van der Waals surface area (Å²) < 4.78 is 13.0. The summed E-state index contributed by atoms with van der Waals surface area (Å²) in [5, 5.41) is 22.9. The molecule has 3 atom stereocenters. The SMILES string of the molecule is CCCC(NC(=O)/C(C#N)=C/C1=NC(Br)=CCC1)c1ccc(OCC(=O)NCCC(C)(CC)OCCC(C)(CC)N=C(N)CN2CCN(c3cc(Nc4ncc(C(=O)Nc5c(C)cccc5Cl)s4)nc(C)n3)CC2)cc1. The quantitative estimate of drug-likeness (QED) is 0.0130. The molecule has 2 aromatic heterocycles. The summed E-state index contributed by atoms with van der Waals surface area (Å²) in [7, 11) is 0. The van der Waals surface area contributed by atoms with Crippen molar-refractivity contribution in [2.45, 2.75) is 117 Å². The van der Waals surface area contributed by atoms with E-state index < -0.39 is 17.0 Å². The molecule has 21 heteroatoms. The lowest BCUT2D eigenvalue weighted by atomic mass is 9.94. The van der Waals surface area contributed by atoms with E-state index in [1.165, 1.54) is 17.5 Å². The minimum atomic E-state index is -0.459. The first-order valence-electron chi connectivity index (χ1n) is 25.9. The number of carbonyl (C=O) groups is 3. The molecule has 3 amide bonds. The number of nitrogens with zero attached hydrogens (tertiary/aromatic N) is 8. The number of nitriles is 1. The summed E-state index contributed by atoms with van der Waals surface area (Å²) in [5.41, 5.74) is 8.75. The summed E-state index contributed by atoms with van der Waals surface area (Å²) >= 11 is 10.9. The van der Waals surface area contributed by atoms with Gasteiger partial charge in [0.1, 0.15) is 50.2 Å². The number of nitrogens with one attached hydrogen (secondary N) is 4. The second kappa shape index (κ2) is 28.2. The molecule has 1 fully saturated rings. The molecular weight excluding hydrogens is 1070 g/mol. The number of nitrogens with two attached hydrogens (primary N) is 1. The molecule has 2 aliphatic rings. The van der Waals surface area contributed by atoms with E-state index in [0.717, 1.165) is 68.8 Å². The van der Waals surface area contributed by atoms with Gasteiger partial charge in [-0.25, -0.2) is 19.9 Å². The lowest BCUT2D eigenvalue weighted by molar-refractivity contribution is -0.123. The van der Waals surface area contributed by atoms with Crippen LogP contribution in [0.15, 0.2) is 87.0 Å². The zero-order valence-electron chi connectivity index (χ0n) is 44.6. The molecule has 406 valence electrons. The number of aliphatic imine (C=N–C) groups is 2. The number of ether oxygens (including phenoxy) is 2. The fraction of sp³-hybridized carbons (Fsp3) is 0.473. The zero-order chi connectivity index (χ0) is 54.8. The third-order valence-electron chi connectivity index (χ3n) is 13.5. The van der Waals surface area contributed by atoms with Gasteiger partial charge in [-0.15, -0.1) is 0 Å². The molecular formula is C55H71BrClN13O5S. The van der Waals surface area contributed by atoms with Crippen molar-refractivity contribution in [3.63, 3.8) is 0 Å². The predicted molar refractivity (Wildman–Crippen MR) is 307 cm³/mol. The van der Waals surface area contributed by atoms with E-state index in [9.17, 15) is 19.6 Å². The van der Waals surface area contributed by atoms with Gasteiger partial charge in [-0.1, -0.05) is 80.5 Å². The third kappa shape index (κ3) is 17.7. The fourth-order valence-electron chi connectivity index (χ4n) is 8.52. The minimum Gasteiger partial charge on any atom is -0.484 e. The predicted octanol–water partition coefficient (Wildman–Crippen LogP) is 9.89. The van der Waals surface area contributed by atoms with Crippen molar-refractivity contribution < 1.29 is 23.9 Å². The maximum Gasteiger partial charge on any atom is 0.267 e. The molecule has 0 radical (unpaired) electrons. The number of para-hydroxylation sites is 1. The van der Waals surface area contributed by atoms with Crippen LogP contribution in [-0.2, 0) is 14.3 Å². The molecule has 0 spiro atoms. The number of amidine groups is 1. The van der Waals surface area contributed by atoms with Crippen molar-refractivity contribution >= 4 is 90.6 Å². The Balaban J connectivity index is 0.901. The molecule has 6 N–H and O–H groups in total. The average molecular weight is 1140 g/mol. The summed E-state index contributed by atoms with van der Waals surface area (Å²) in [6.45, 7) is 18.5. The van der Waals surface area contributed by atoms with Crippen molar-refractivity contribution in [1.82, 2.24) is 30.5 Å².